The fraction of sp³-hybridized carbons (Fsp3) is 0.0556. The normalized spacial score (nSPS) is 10.7. The Hall–Kier alpha value is -2.68. The first kappa shape index (κ1) is 13.3. The first-order chi connectivity index (χ1) is 10.1. The highest BCUT2D eigenvalue weighted by atomic mass is 19.1. The third-order valence-corrected chi connectivity index (χ3v) is 3.49. The maximum Gasteiger partial charge on any atom is 0.307 e. The van der Waals surface area contributed by atoms with Crippen LogP contribution >= 0.6 is 0 Å². The molecule has 2 nitrogen and oxygen atoms in total. The lowest BCUT2D eigenvalue weighted by Gasteiger charge is -2.10. The molecule has 0 heterocycles. The average molecular weight is 280 g/mol. The molecule has 104 valence electrons. The number of aliphatic carboxylic acids is 1. The van der Waals surface area contributed by atoms with E-state index in [1.807, 2.05) is 42.5 Å². The van der Waals surface area contributed by atoms with Crippen LogP contribution in [0.15, 0.2) is 60.7 Å². The van der Waals surface area contributed by atoms with Crippen molar-refractivity contribution in [3.05, 3.63) is 72.0 Å². The van der Waals surface area contributed by atoms with Gasteiger partial charge < -0.3 is 5.11 Å². The molecular formula is C18H13FO2. The van der Waals surface area contributed by atoms with Crippen molar-refractivity contribution in [1.29, 1.82) is 0 Å². The topological polar surface area (TPSA) is 37.3 Å². The molecule has 0 saturated carbocycles. The second-order valence-corrected chi connectivity index (χ2v) is 4.90. The van der Waals surface area contributed by atoms with Gasteiger partial charge in [0.1, 0.15) is 5.82 Å². The quantitative estimate of drug-likeness (QED) is 0.777. The highest BCUT2D eigenvalue weighted by Crippen LogP contribution is 2.30. The van der Waals surface area contributed by atoms with Gasteiger partial charge >= 0.3 is 5.97 Å². The van der Waals surface area contributed by atoms with Gasteiger partial charge in [0.25, 0.3) is 0 Å². The number of rotatable bonds is 3. The summed E-state index contributed by atoms with van der Waals surface area (Å²) in [5.41, 5.74) is 2.45. The van der Waals surface area contributed by atoms with E-state index in [2.05, 4.69) is 0 Å². The molecule has 0 aliphatic heterocycles. The molecule has 0 atom stereocenters. The van der Waals surface area contributed by atoms with Gasteiger partial charge in [0, 0.05) is 0 Å². The Morgan fingerprint density at radius 1 is 0.952 bits per heavy atom. The molecule has 3 heteroatoms. The molecule has 0 unspecified atom stereocenters. The van der Waals surface area contributed by atoms with Gasteiger partial charge in [0.15, 0.2) is 0 Å². The second-order valence-electron chi connectivity index (χ2n) is 4.90. The number of carboxylic acids is 1. The summed E-state index contributed by atoms with van der Waals surface area (Å²) in [7, 11) is 0. The van der Waals surface area contributed by atoms with E-state index in [0.29, 0.717) is 0 Å². The van der Waals surface area contributed by atoms with E-state index in [9.17, 15) is 9.18 Å². The molecule has 0 spiro atoms. The monoisotopic (exact) mass is 280 g/mol. The van der Waals surface area contributed by atoms with Gasteiger partial charge in [-0.15, -0.1) is 0 Å². The Morgan fingerprint density at radius 2 is 1.67 bits per heavy atom. The molecule has 0 fully saturated rings. The molecule has 0 saturated heterocycles. The zero-order chi connectivity index (χ0) is 14.8. The molecule has 0 amide bonds. The number of fused-ring (bicyclic) bond motifs is 1. The van der Waals surface area contributed by atoms with E-state index in [4.69, 9.17) is 5.11 Å². The van der Waals surface area contributed by atoms with E-state index in [0.717, 1.165) is 27.5 Å². The molecule has 1 N–H and O–H groups in total. The van der Waals surface area contributed by atoms with Crippen molar-refractivity contribution >= 4 is 16.7 Å². The smallest absolute Gasteiger partial charge is 0.307 e. The van der Waals surface area contributed by atoms with Crippen molar-refractivity contribution in [3.63, 3.8) is 0 Å². The lowest BCUT2D eigenvalue weighted by molar-refractivity contribution is -0.136. The van der Waals surface area contributed by atoms with Gasteiger partial charge in [-0.3, -0.25) is 4.79 Å². The van der Waals surface area contributed by atoms with Crippen LogP contribution in [0.2, 0.25) is 0 Å². The number of carbonyl (C=O) groups is 1. The summed E-state index contributed by atoms with van der Waals surface area (Å²) in [5.74, 6) is -1.15. The fourth-order valence-corrected chi connectivity index (χ4v) is 2.60. The molecule has 3 aromatic carbocycles. The van der Waals surface area contributed by atoms with Crippen LogP contribution < -0.4 is 0 Å². The third-order valence-electron chi connectivity index (χ3n) is 3.49. The molecule has 0 aliphatic rings. The minimum absolute atomic E-state index is 0.0239. The van der Waals surface area contributed by atoms with E-state index >= 15 is 0 Å². The lowest BCUT2D eigenvalue weighted by atomic mass is 9.94. The molecule has 0 aliphatic carbocycles. The van der Waals surface area contributed by atoms with E-state index in [-0.39, 0.29) is 12.2 Å². The Bertz CT molecular complexity index is 824. The number of hydrogen-bond acceptors (Lipinski definition) is 1. The Morgan fingerprint density at radius 3 is 2.43 bits per heavy atom. The SMILES string of the molecule is O=C(O)Cc1cccc2c(-c3cccc(F)c3)cccc12. The van der Waals surface area contributed by atoms with Crippen LogP contribution in [0.4, 0.5) is 4.39 Å². The van der Waals surface area contributed by atoms with Gasteiger partial charge in [-0.05, 0) is 39.6 Å². The van der Waals surface area contributed by atoms with Gasteiger partial charge in [0.05, 0.1) is 6.42 Å². The molecule has 21 heavy (non-hydrogen) atoms. The molecular weight excluding hydrogens is 267 g/mol. The number of hydrogen-bond donors (Lipinski definition) is 1. The van der Waals surface area contributed by atoms with Gasteiger partial charge in [0.2, 0.25) is 0 Å². The second kappa shape index (κ2) is 5.37. The van der Waals surface area contributed by atoms with Crippen LogP contribution in [0.3, 0.4) is 0 Å². The summed E-state index contributed by atoms with van der Waals surface area (Å²) in [6, 6.07) is 17.7. The van der Waals surface area contributed by atoms with E-state index in [1.165, 1.54) is 12.1 Å². The van der Waals surface area contributed by atoms with Gasteiger partial charge in [-0.1, -0.05) is 48.5 Å². The van der Waals surface area contributed by atoms with Crippen molar-refractivity contribution in [1.82, 2.24) is 0 Å². The maximum absolute atomic E-state index is 13.4. The number of benzene rings is 3. The summed E-state index contributed by atoms with van der Waals surface area (Å²) < 4.78 is 13.4. The van der Waals surface area contributed by atoms with Crippen LogP contribution in [-0.2, 0) is 11.2 Å². The van der Waals surface area contributed by atoms with Crippen molar-refractivity contribution in [2.75, 3.05) is 0 Å². The number of halogens is 1. The van der Waals surface area contributed by atoms with Crippen molar-refractivity contribution in [2.45, 2.75) is 6.42 Å². The molecule has 0 aromatic heterocycles. The summed E-state index contributed by atoms with van der Waals surface area (Å²) in [6.07, 6.45) is -0.0239. The van der Waals surface area contributed by atoms with Crippen molar-refractivity contribution < 1.29 is 14.3 Å². The van der Waals surface area contributed by atoms with Crippen molar-refractivity contribution in [3.8, 4) is 11.1 Å². The Balaban J connectivity index is 2.23. The van der Waals surface area contributed by atoms with Crippen LogP contribution in [0, 0.1) is 5.82 Å². The molecule has 0 radical (unpaired) electrons. The maximum atomic E-state index is 13.4. The largest absolute Gasteiger partial charge is 0.481 e. The zero-order valence-electron chi connectivity index (χ0n) is 11.2. The minimum Gasteiger partial charge on any atom is -0.481 e. The highest BCUT2D eigenvalue weighted by Gasteiger charge is 2.09. The van der Waals surface area contributed by atoms with Crippen LogP contribution in [-0.4, -0.2) is 11.1 Å². The first-order valence-corrected chi connectivity index (χ1v) is 6.63. The summed E-state index contributed by atoms with van der Waals surface area (Å²) in [6.45, 7) is 0. The van der Waals surface area contributed by atoms with E-state index in [1.54, 1.807) is 6.07 Å². The number of carboxylic acid groups (broad SMARTS) is 1. The van der Waals surface area contributed by atoms with Crippen LogP contribution in [0.1, 0.15) is 5.56 Å². The molecule has 3 rings (SSSR count). The standard InChI is InChI=1S/C18H13FO2/c19-14-6-1-4-12(10-14)15-7-3-8-16-13(11-18(20)21)5-2-9-17(15)16/h1-10H,11H2,(H,20,21). The summed E-state index contributed by atoms with van der Waals surface area (Å²) in [4.78, 5) is 11.0. The van der Waals surface area contributed by atoms with Crippen LogP contribution in [0.25, 0.3) is 21.9 Å². The highest BCUT2D eigenvalue weighted by molar-refractivity contribution is 5.99. The summed E-state index contributed by atoms with van der Waals surface area (Å²) >= 11 is 0. The Kier molecular flexibility index (Phi) is 3.40. The van der Waals surface area contributed by atoms with E-state index < -0.39 is 5.97 Å². The predicted octanol–water partition coefficient (Wildman–Crippen LogP) is 4.27. The van der Waals surface area contributed by atoms with Gasteiger partial charge in [-0.2, -0.15) is 0 Å². The third kappa shape index (κ3) is 2.63. The Labute approximate surface area is 121 Å². The zero-order valence-corrected chi connectivity index (χ0v) is 11.2. The van der Waals surface area contributed by atoms with Gasteiger partial charge in [-0.25, -0.2) is 4.39 Å². The lowest BCUT2D eigenvalue weighted by Crippen LogP contribution is -2.00. The van der Waals surface area contributed by atoms with Crippen molar-refractivity contribution in [2.24, 2.45) is 0 Å². The predicted molar refractivity (Wildman–Crippen MR) is 80.7 cm³/mol. The summed E-state index contributed by atoms with van der Waals surface area (Å²) in [5, 5.41) is 10.8. The fourth-order valence-electron chi connectivity index (χ4n) is 2.60. The molecule has 0 bridgehead atoms. The minimum atomic E-state index is -0.862. The first-order valence-electron chi connectivity index (χ1n) is 6.63. The molecule has 3 aromatic rings. The average Bonchev–Trinajstić information content (AvgIpc) is 2.46. The van der Waals surface area contributed by atoms with Crippen LogP contribution in [0.5, 0.6) is 0 Å².